The molecule has 4 rings (SSSR count). The van der Waals surface area contributed by atoms with E-state index in [-0.39, 0.29) is 11.8 Å². The Labute approximate surface area is 156 Å². The molecule has 0 unspecified atom stereocenters. The van der Waals surface area contributed by atoms with Crippen molar-refractivity contribution in [2.75, 3.05) is 5.32 Å². The fraction of sp³-hybridized carbons (Fsp3) is 0.350. The number of aromatic nitrogens is 2. The van der Waals surface area contributed by atoms with E-state index in [2.05, 4.69) is 15.5 Å². The summed E-state index contributed by atoms with van der Waals surface area (Å²) in [6, 6.07) is 11.8. The number of anilines is 1. The van der Waals surface area contributed by atoms with Crippen LogP contribution in [0.2, 0.25) is 0 Å². The van der Waals surface area contributed by atoms with Crippen LogP contribution in [-0.2, 0) is 11.2 Å². The zero-order valence-corrected chi connectivity index (χ0v) is 15.3. The number of thiophene rings is 1. The molecule has 3 aromatic rings. The first-order chi connectivity index (χ1) is 12.8. The van der Waals surface area contributed by atoms with Crippen molar-refractivity contribution < 1.29 is 9.32 Å². The van der Waals surface area contributed by atoms with E-state index in [9.17, 15) is 4.79 Å². The Morgan fingerprint density at radius 3 is 2.81 bits per heavy atom. The van der Waals surface area contributed by atoms with E-state index in [4.69, 9.17) is 4.52 Å². The predicted molar refractivity (Wildman–Crippen MR) is 102 cm³/mol. The summed E-state index contributed by atoms with van der Waals surface area (Å²) in [4.78, 5) is 18.0. The van der Waals surface area contributed by atoms with Gasteiger partial charge < -0.3 is 9.84 Å². The third kappa shape index (κ3) is 3.85. The zero-order chi connectivity index (χ0) is 17.8. The molecule has 0 atom stereocenters. The van der Waals surface area contributed by atoms with E-state index in [1.54, 1.807) is 11.3 Å². The van der Waals surface area contributed by atoms with Gasteiger partial charge in [-0.3, -0.25) is 4.79 Å². The number of carbonyl (C=O) groups is 1. The molecule has 1 N–H and O–H groups in total. The van der Waals surface area contributed by atoms with Gasteiger partial charge in [0.15, 0.2) is 0 Å². The van der Waals surface area contributed by atoms with E-state index < -0.39 is 0 Å². The SMILES string of the molecule is O=C(Nc1ccccc1Cc1nc(-c2cccs2)no1)C1CCCCC1. The third-order valence-electron chi connectivity index (χ3n) is 4.80. The minimum Gasteiger partial charge on any atom is -0.339 e. The summed E-state index contributed by atoms with van der Waals surface area (Å²) in [6.07, 6.45) is 6.01. The van der Waals surface area contributed by atoms with Crippen LogP contribution >= 0.6 is 11.3 Å². The molecule has 134 valence electrons. The molecule has 6 heteroatoms. The second kappa shape index (κ2) is 7.83. The van der Waals surface area contributed by atoms with Gasteiger partial charge in [-0.1, -0.05) is 48.7 Å². The van der Waals surface area contributed by atoms with Gasteiger partial charge >= 0.3 is 0 Å². The van der Waals surface area contributed by atoms with Crippen LogP contribution in [0.1, 0.15) is 43.6 Å². The van der Waals surface area contributed by atoms with Gasteiger partial charge in [-0.15, -0.1) is 11.3 Å². The molecular formula is C20H21N3O2S. The summed E-state index contributed by atoms with van der Waals surface area (Å²) in [6.45, 7) is 0. The maximum absolute atomic E-state index is 12.6. The summed E-state index contributed by atoms with van der Waals surface area (Å²) in [7, 11) is 0. The van der Waals surface area contributed by atoms with Crippen LogP contribution in [0.3, 0.4) is 0 Å². The van der Waals surface area contributed by atoms with Gasteiger partial charge in [-0.25, -0.2) is 0 Å². The number of benzene rings is 1. The standard InChI is InChI=1S/C20H21N3O2S/c24-20(14-7-2-1-3-8-14)21-16-10-5-4-9-15(16)13-18-22-19(23-25-18)17-11-6-12-26-17/h4-6,9-12,14H,1-3,7-8,13H2,(H,21,24). The number of para-hydroxylation sites is 1. The highest BCUT2D eigenvalue weighted by molar-refractivity contribution is 7.13. The normalized spacial score (nSPS) is 15.1. The molecule has 0 aliphatic heterocycles. The molecule has 0 radical (unpaired) electrons. The van der Waals surface area contributed by atoms with Crippen LogP contribution in [0.4, 0.5) is 5.69 Å². The fourth-order valence-electron chi connectivity index (χ4n) is 3.39. The average molecular weight is 367 g/mol. The maximum atomic E-state index is 12.6. The Morgan fingerprint density at radius 1 is 1.15 bits per heavy atom. The van der Waals surface area contributed by atoms with Crippen molar-refractivity contribution in [2.24, 2.45) is 5.92 Å². The lowest BCUT2D eigenvalue weighted by Gasteiger charge is -2.21. The summed E-state index contributed by atoms with van der Waals surface area (Å²) in [5.41, 5.74) is 1.82. The van der Waals surface area contributed by atoms with Crippen LogP contribution in [0.25, 0.3) is 10.7 Å². The van der Waals surface area contributed by atoms with E-state index in [0.29, 0.717) is 18.1 Å². The monoisotopic (exact) mass is 367 g/mol. The summed E-state index contributed by atoms with van der Waals surface area (Å²) in [5, 5.41) is 9.15. The Morgan fingerprint density at radius 2 is 2.00 bits per heavy atom. The summed E-state index contributed by atoms with van der Waals surface area (Å²) in [5.74, 6) is 1.42. The Balaban J connectivity index is 1.48. The maximum Gasteiger partial charge on any atom is 0.231 e. The molecule has 26 heavy (non-hydrogen) atoms. The van der Waals surface area contributed by atoms with Crippen LogP contribution in [0.5, 0.6) is 0 Å². The molecule has 1 saturated carbocycles. The van der Waals surface area contributed by atoms with Crippen molar-refractivity contribution in [1.29, 1.82) is 0 Å². The van der Waals surface area contributed by atoms with Crippen LogP contribution in [-0.4, -0.2) is 16.0 Å². The van der Waals surface area contributed by atoms with Crippen molar-refractivity contribution in [1.82, 2.24) is 10.1 Å². The van der Waals surface area contributed by atoms with Crippen molar-refractivity contribution >= 4 is 22.9 Å². The number of amides is 1. The van der Waals surface area contributed by atoms with E-state index in [1.165, 1.54) is 6.42 Å². The molecule has 5 nitrogen and oxygen atoms in total. The lowest BCUT2D eigenvalue weighted by Crippen LogP contribution is -2.25. The minimum atomic E-state index is 0.127. The van der Waals surface area contributed by atoms with Crippen LogP contribution in [0.15, 0.2) is 46.3 Å². The smallest absolute Gasteiger partial charge is 0.231 e. The number of hydrogen-bond acceptors (Lipinski definition) is 5. The van der Waals surface area contributed by atoms with Gasteiger partial charge in [0, 0.05) is 11.6 Å². The van der Waals surface area contributed by atoms with Gasteiger partial charge in [-0.2, -0.15) is 4.98 Å². The molecular weight excluding hydrogens is 346 g/mol. The Hall–Kier alpha value is -2.47. The van der Waals surface area contributed by atoms with Gasteiger partial charge in [0.05, 0.1) is 11.3 Å². The zero-order valence-electron chi connectivity index (χ0n) is 14.5. The quantitative estimate of drug-likeness (QED) is 0.696. The number of nitrogens with one attached hydrogen (secondary N) is 1. The second-order valence-corrected chi connectivity index (χ2v) is 7.59. The highest BCUT2D eigenvalue weighted by Gasteiger charge is 2.22. The Bertz CT molecular complexity index is 867. The molecule has 0 spiro atoms. The summed E-state index contributed by atoms with van der Waals surface area (Å²) >= 11 is 1.58. The van der Waals surface area contributed by atoms with Gasteiger partial charge in [0.25, 0.3) is 0 Å². The minimum absolute atomic E-state index is 0.127. The molecule has 2 aromatic heterocycles. The molecule has 1 fully saturated rings. The molecule has 2 heterocycles. The van der Waals surface area contributed by atoms with Gasteiger partial charge in [0.2, 0.25) is 17.6 Å². The number of nitrogens with zero attached hydrogens (tertiary/aromatic N) is 2. The number of hydrogen-bond donors (Lipinski definition) is 1. The predicted octanol–water partition coefficient (Wildman–Crippen LogP) is 4.91. The molecule has 0 saturated heterocycles. The van der Waals surface area contributed by atoms with Crippen molar-refractivity contribution in [3.05, 3.63) is 53.2 Å². The lowest BCUT2D eigenvalue weighted by molar-refractivity contribution is -0.120. The van der Waals surface area contributed by atoms with Crippen LogP contribution < -0.4 is 5.32 Å². The molecule has 1 aliphatic rings. The highest BCUT2D eigenvalue weighted by atomic mass is 32.1. The van der Waals surface area contributed by atoms with E-state index >= 15 is 0 Å². The molecule has 1 aliphatic carbocycles. The topological polar surface area (TPSA) is 68.0 Å². The number of carbonyl (C=O) groups excluding carboxylic acids is 1. The van der Waals surface area contributed by atoms with Crippen molar-refractivity contribution in [3.8, 4) is 10.7 Å². The second-order valence-electron chi connectivity index (χ2n) is 6.65. The fourth-order valence-corrected chi connectivity index (χ4v) is 4.04. The number of rotatable bonds is 5. The Kier molecular flexibility index (Phi) is 5.11. The van der Waals surface area contributed by atoms with E-state index in [0.717, 1.165) is 41.8 Å². The first kappa shape index (κ1) is 17.0. The molecule has 1 amide bonds. The van der Waals surface area contributed by atoms with Gasteiger partial charge in [0.1, 0.15) is 0 Å². The molecule has 1 aromatic carbocycles. The highest BCUT2D eigenvalue weighted by Crippen LogP contribution is 2.27. The van der Waals surface area contributed by atoms with Crippen molar-refractivity contribution in [2.45, 2.75) is 38.5 Å². The average Bonchev–Trinajstić information content (AvgIpc) is 3.36. The first-order valence-corrected chi connectivity index (χ1v) is 9.93. The first-order valence-electron chi connectivity index (χ1n) is 9.05. The van der Waals surface area contributed by atoms with Crippen molar-refractivity contribution in [3.63, 3.8) is 0 Å². The largest absolute Gasteiger partial charge is 0.339 e. The summed E-state index contributed by atoms with van der Waals surface area (Å²) < 4.78 is 5.40. The van der Waals surface area contributed by atoms with Gasteiger partial charge in [-0.05, 0) is 35.9 Å². The third-order valence-corrected chi connectivity index (χ3v) is 5.67. The lowest BCUT2D eigenvalue weighted by atomic mass is 9.88. The van der Waals surface area contributed by atoms with Crippen LogP contribution in [0, 0.1) is 5.92 Å². The van der Waals surface area contributed by atoms with E-state index in [1.807, 2.05) is 41.8 Å². The molecule has 0 bridgehead atoms.